The molecule has 1 aromatic rings. The molecule has 1 aliphatic heterocycles. The van der Waals surface area contributed by atoms with Crippen molar-refractivity contribution in [2.75, 3.05) is 11.9 Å². The summed E-state index contributed by atoms with van der Waals surface area (Å²) in [5.41, 5.74) is 3.80. The molecule has 1 saturated carbocycles. The minimum Gasteiger partial charge on any atom is -0.326 e. The van der Waals surface area contributed by atoms with Crippen molar-refractivity contribution in [2.24, 2.45) is 16.7 Å². The predicted molar refractivity (Wildman–Crippen MR) is 81.5 cm³/mol. The molecule has 2 aliphatic rings. The Morgan fingerprint density at radius 2 is 1.95 bits per heavy atom. The number of anilines is 1. The molecule has 3 nitrogen and oxygen atoms in total. The maximum absolute atomic E-state index is 12.6. The molecule has 0 radical (unpaired) electrons. The van der Waals surface area contributed by atoms with Gasteiger partial charge in [-0.2, -0.15) is 0 Å². The van der Waals surface area contributed by atoms with Crippen LogP contribution in [-0.4, -0.2) is 12.5 Å². The van der Waals surface area contributed by atoms with Gasteiger partial charge in [0.15, 0.2) is 0 Å². The van der Waals surface area contributed by atoms with Crippen LogP contribution in [0.3, 0.4) is 0 Å². The average molecular weight is 272 g/mol. The van der Waals surface area contributed by atoms with Crippen molar-refractivity contribution in [2.45, 2.75) is 40.7 Å². The molecule has 1 aromatic carbocycles. The predicted octanol–water partition coefficient (Wildman–Crippen LogP) is 2.95. The number of carbonyl (C=O) groups is 1. The Bertz CT molecular complexity index is 546. The third kappa shape index (κ3) is 1.87. The molecule has 0 saturated heterocycles. The Hall–Kier alpha value is -1.35. The van der Waals surface area contributed by atoms with Crippen LogP contribution in [0, 0.1) is 16.7 Å². The zero-order chi connectivity index (χ0) is 14.5. The number of hydrogen-bond acceptors (Lipinski definition) is 2. The zero-order valence-corrected chi connectivity index (χ0v) is 12.8. The van der Waals surface area contributed by atoms with Crippen molar-refractivity contribution in [3.63, 3.8) is 0 Å². The highest BCUT2D eigenvalue weighted by molar-refractivity contribution is 5.96. The first-order valence-corrected chi connectivity index (χ1v) is 7.48. The lowest BCUT2D eigenvalue weighted by Crippen LogP contribution is -2.26. The first-order chi connectivity index (χ1) is 9.35. The van der Waals surface area contributed by atoms with Gasteiger partial charge in [-0.25, -0.2) is 0 Å². The Morgan fingerprint density at radius 1 is 1.25 bits per heavy atom. The van der Waals surface area contributed by atoms with E-state index in [0.717, 1.165) is 25.2 Å². The maximum Gasteiger partial charge on any atom is 0.228 e. The second-order valence-electron chi connectivity index (χ2n) is 7.24. The van der Waals surface area contributed by atoms with Crippen molar-refractivity contribution >= 4 is 11.6 Å². The monoisotopic (exact) mass is 272 g/mol. The Balaban J connectivity index is 1.81. The van der Waals surface area contributed by atoms with E-state index in [4.69, 9.17) is 0 Å². The number of carbonyl (C=O) groups excluding carboxylic acids is 1. The fourth-order valence-corrected chi connectivity index (χ4v) is 3.71. The van der Waals surface area contributed by atoms with Gasteiger partial charge in [-0.1, -0.05) is 39.8 Å². The highest BCUT2D eigenvalue weighted by Crippen LogP contribution is 2.68. The SMILES string of the molecule is CC1(C)C(C(=O)Nc2cccc3c2CCNC3)C1(C)C. The fourth-order valence-electron chi connectivity index (χ4n) is 3.71. The van der Waals surface area contributed by atoms with E-state index in [0.29, 0.717) is 0 Å². The summed E-state index contributed by atoms with van der Waals surface area (Å²) in [6.07, 6.45) is 0.989. The third-order valence-electron chi connectivity index (χ3n) is 5.68. The van der Waals surface area contributed by atoms with Crippen molar-refractivity contribution in [1.29, 1.82) is 0 Å². The lowest BCUT2D eigenvalue weighted by molar-refractivity contribution is -0.118. The summed E-state index contributed by atoms with van der Waals surface area (Å²) in [5.74, 6) is 0.277. The van der Waals surface area contributed by atoms with Gasteiger partial charge >= 0.3 is 0 Å². The molecule has 0 unspecified atom stereocenters. The molecule has 20 heavy (non-hydrogen) atoms. The van der Waals surface area contributed by atoms with Gasteiger partial charge in [0.2, 0.25) is 5.91 Å². The van der Waals surface area contributed by atoms with Gasteiger partial charge < -0.3 is 10.6 Å². The molecule has 0 bridgehead atoms. The van der Waals surface area contributed by atoms with Crippen molar-refractivity contribution in [3.8, 4) is 0 Å². The van der Waals surface area contributed by atoms with Crippen LogP contribution < -0.4 is 10.6 Å². The molecule has 2 N–H and O–H groups in total. The summed E-state index contributed by atoms with van der Waals surface area (Å²) < 4.78 is 0. The molecular weight excluding hydrogens is 248 g/mol. The molecule has 1 fully saturated rings. The molecule has 0 spiro atoms. The van der Waals surface area contributed by atoms with Crippen LogP contribution in [-0.2, 0) is 17.8 Å². The smallest absolute Gasteiger partial charge is 0.228 e. The first-order valence-electron chi connectivity index (χ1n) is 7.48. The third-order valence-corrected chi connectivity index (χ3v) is 5.68. The van der Waals surface area contributed by atoms with Gasteiger partial charge in [-0.05, 0) is 41.0 Å². The largest absolute Gasteiger partial charge is 0.326 e. The van der Waals surface area contributed by atoms with Crippen molar-refractivity contribution in [1.82, 2.24) is 5.32 Å². The molecule has 108 valence electrons. The van der Waals surface area contributed by atoms with Gasteiger partial charge in [0.25, 0.3) is 0 Å². The minimum absolute atomic E-state index is 0.0908. The van der Waals surface area contributed by atoms with E-state index in [1.807, 2.05) is 12.1 Å². The summed E-state index contributed by atoms with van der Waals surface area (Å²) in [5, 5.41) is 6.55. The van der Waals surface area contributed by atoms with Gasteiger partial charge in [-0.15, -0.1) is 0 Å². The number of benzene rings is 1. The molecule has 1 aliphatic carbocycles. The molecule has 1 amide bonds. The van der Waals surface area contributed by atoms with Gasteiger partial charge in [0.1, 0.15) is 0 Å². The van der Waals surface area contributed by atoms with Crippen LogP contribution in [0.5, 0.6) is 0 Å². The van der Waals surface area contributed by atoms with E-state index in [9.17, 15) is 4.79 Å². The molecule has 3 heteroatoms. The number of rotatable bonds is 2. The minimum atomic E-state index is 0.0908. The fraction of sp³-hybridized carbons (Fsp3) is 0.588. The standard InChI is InChI=1S/C17H24N2O/c1-16(2)14(17(16,3)4)15(20)19-13-7-5-6-11-10-18-9-8-12(11)13/h5-7,14,18H,8-10H2,1-4H3,(H,19,20). The summed E-state index contributed by atoms with van der Waals surface area (Å²) in [7, 11) is 0. The van der Waals surface area contributed by atoms with Gasteiger partial charge in [0.05, 0.1) is 0 Å². The van der Waals surface area contributed by atoms with E-state index in [-0.39, 0.29) is 22.7 Å². The van der Waals surface area contributed by atoms with Gasteiger partial charge in [-0.3, -0.25) is 4.79 Å². The highest BCUT2D eigenvalue weighted by Gasteiger charge is 2.68. The molecular formula is C17H24N2O. The number of amides is 1. The Kier molecular flexibility index (Phi) is 2.94. The maximum atomic E-state index is 12.6. The van der Waals surface area contributed by atoms with Crippen LogP contribution in [0.25, 0.3) is 0 Å². The van der Waals surface area contributed by atoms with Crippen molar-refractivity contribution in [3.05, 3.63) is 29.3 Å². The number of fused-ring (bicyclic) bond motifs is 1. The molecule has 0 atom stereocenters. The topological polar surface area (TPSA) is 41.1 Å². The highest BCUT2D eigenvalue weighted by atomic mass is 16.2. The molecule has 1 heterocycles. The zero-order valence-electron chi connectivity index (χ0n) is 12.8. The average Bonchev–Trinajstić information content (AvgIpc) is 2.80. The second-order valence-corrected chi connectivity index (χ2v) is 7.24. The summed E-state index contributed by atoms with van der Waals surface area (Å²) in [6, 6.07) is 6.21. The van der Waals surface area contributed by atoms with Crippen molar-refractivity contribution < 1.29 is 4.79 Å². The van der Waals surface area contributed by atoms with Crippen LogP contribution in [0.1, 0.15) is 38.8 Å². The summed E-state index contributed by atoms with van der Waals surface area (Å²) in [6.45, 7) is 10.6. The van der Waals surface area contributed by atoms with E-state index in [1.54, 1.807) is 0 Å². The Labute approximate surface area is 121 Å². The van der Waals surface area contributed by atoms with Crippen LogP contribution in [0.15, 0.2) is 18.2 Å². The van der Waals surface area contributed by atoms with E-state index < -0.39 is 0 Å². The van der Waals surface area contributed by atoms with E-state index in [2.05, 4.69) is 44.4 Å². The summed E-state index contributed by atoms with van der Waals surface area (Å²) in [4.78, 5) is 12.6. The Morgan fingerprint density at radius 3 is 2.60 bits per heavy atom. The molecule has 3 rings (SSSR count). The van der Waals surface area contributed by atoms with Crippen LogP contribution in [0.4, 0.5) is 5.69 Å². The number of hydrogen-bond donors (Lipinski definition) is 2. The lowest BCUT2D eigenvalue weighted by Gasteiger charge is -2.20. The van der Waals surface area contributed by atoms with Gasteiger partial charge in [0, 0.05) is 18.2 Å². The van der Waals surface area contributed by atoms with E-state index >= 15 is 0 Å². The van der Waals surface area contributed by atoms with Crippen LogP contribution in [0.2, 0.25) is 0 Å². The molecule has 0 aromatic heterocycles. The van der Waals surface area contributed by atoms with Crippen LogP contribution >= 0.6 is 0 Å². The first kappa shape index (κ1) is 13.6. The van der Waals surface area contributed by atoms with E-state index in [1.165, 1.54) is 11.1 Å². The quantitative estimate of drug-likeness (QED) is 0.869. The second kappa shape index (κ2) is 4.32. The normalized spacial score (nSPS) is 23.0. The summed E-state index contributed by atoms with van der Waals surface area (Å²) >= 11 is 0. The number of nitrogens with one attached hydrogen (secondary N) is 2. The lowest BCUT2D eigenvalue weighted by atomic mass is 9.99.